The van der Waals surface area contributed by atoms with Crippen molar-refractivity contribution in [2.75, 3.05) is 0 Å². The van der Waals surface area contributed by atoms with Crippen LogP contribution in [0.3, 0.4) is 0 Å². The van der Waals surface area contributed by atoms with E-state index in [0.29, 0.717) is 11.3 Å². The fraction of sp³-hybridized carbons (Fsp3) is 0.172. The van der Waals surface area contributed by atoms with Crippen LogP contribution in [0.2, 0.25) is 0 Å². The van der Waals surface area contributed by atoms with Crippen molar-refractivity contribution in [3.05, 3.63) is 114 Å². The number of hydrogen-bond donors (Lipinski definition) is 1. The molecule has 1 aromatic heterocycles. The van der Waals surface area contributed by atoms with Gasteiger partial charge in [0.25, 0.3) is 17.4 Å². The van der Waals surface area contributed by atoms with Crippen LogP contribution in [-0.2, 0) is 27.3 Å². The zero-order chi connectivity index (χ0) is 25.1. The minimum Gasteiger partial charge on any atom is -0.422 e. The number of amides is 3. The highest BCUT2D eigenvalue weighted by Crippen LogP contribution is 2.35. The van der Waals surface area contributed by atoms with Gasteiger partial charge in [0.1, 0.15) is 0 Å². The largest absolute Gasteiger partial charge is 0.422 e. The smallest absolute Gasteiger partial charge is 0.418 e. The number of nitrogens with one attached hydrogen (secondary N) is 1. The molecule has 1 fully saturated rings. The van der Waals surface area contributed by atoms with Crippen LogP contribution in [0.25, 0.3) is 10.9 Å². The van der Waals surface area contributed by atoms with Crippen LogP contribution in [0.15, 0.2) is 97.1 Å². The summed E-state index contributed by atoms with van der Waals surface area (Å²) in [6.07, 6.45) is -0.917. The summed E-state index contributed by atoms with van der Waals surface area (Å²) in [4.78, 5) is 46.0. The molecule has 3 amide bonds. The molecule has 0 radical (unpaired) electrons. The monoisotopic (exact) mass is 479 g/mol. The number of hydrogen-bond acceptors (Lipinski definition) is 5. The number of nitrogens with zero attached hydrogens (tertiary/aromatic N) is 2. The summed E-state index contributed by atoms with van der Waals surface area (Å²) < 4.78 is 5.65. The molecule has 2 heterocycles. The van der Waals surface area contributed by atoms with Crippen molar-refractivity contribution in [2.45, 2.75) is 31.5 Å². The number of aromatic nitrogens is 1. The summed E-state index contributed by atoms with van der Waals surface area (Å²) in [7, 11) is 0. The van der Waals surface area contributed by atoms with Crippen molar-refractivity contribution >= 4 is 28.8 Å². The molecule has 0 spiro atoms. The predicted octanol–water partition coefficient (Wildman–Crippen LogP) is 4.57. The van der Waals surface area contributed by atoms with E-state index in [-0.39, 0.29) is 13.0 Å². The van der Waals surface area contributed by atoms with Crippen LogP contribution in [0.5, 0.6) is 0 Å². The van der Waals surface area contributed by atoms with E-state index in [9.17, 15) is 14.4 Å². The molecule has 1 aliphatic heterocycles. The quantitative estimate of drug-likeness (QED) is 0.392. The van der Waals surface area contributed by atoms with Crippen molar-refractivity contribution in [3.63, 3.8) is 0 Å². The normalized spacial score (nSPS) is 18.2. The first-order valence-corrected chi connectivity index (χ1v) is 11.8. The van der Waals surface area contributed by atoms with Gasteiger partial charge in [-0.3, -0.25) is 14.6 Å². The molecule has 1 aliphatic rings. The van der Waals surface area contributed by atoms with E-state index in [2.05, 4.69) is 10.3 Å². The van der Waals surface area contributed by atoms with Crippen molar-refractivity contribution in [2.24, 2.45) is 0 Å². The van der Waals surface area contributed by atoms with Crippen LogP contribution < -0.4 is 5.32 Å². The summed E-state index contributed by atoms with van der Waals surface area (Å²) in [5.41, 5.74) is 0.877. The lowest BCUT2D eigenvalue weighted by molar-refractivity contribution is -0.150. The van der Waals surface area contributed by atoms with Gasteiger partial charge in [-0.25, -0.2) is 9.69 Å². The van der Waals surface area contributed by atoms with Gasteiger partial charge in [0.2, 0.25) is 0 Å². The van der Waals surface area contributed by atoms with E-state index in [4.69, 9.17) is 4.74 Å². The Morgan fingerprint density at radius 1 is 0.917 bits per heavy atom. The lowest BCUT2D eigenvalue weighted by atomic mass is 9.91. The molecule has 4 aromatic rings. The number of pyridine rings is 1. The molecule has 0 bridgehead atoms. The van der Waals surface area contributed by atoms with E-state index in [1.54, 1.807) is 19.1 Å². The Labute approximate surface area is 208 Å². The Bertz CT molecular complexity index is 1420. The lowest BCUT2D eigenvalue weighted by Crippen LogP contribution is -2.55. The summed E-state index contributed by atoms with van der Waals surface area (Å²) in [6, 6.07) is 29.0. The zero-order valence-corrected chi connectivity index (χ0v) is 19.8. The molecule has 180 valence electrons. The Hall–Kier alpha value is -4.52. The van der Waals surface area contributed by atoms with Gasteiger partial charge in [-0.1, -0.05) is 84.9 Å². The van der Waals surface area contributed by atoms with E-state index in [1.165, 1.54) is 0 Å². The number of para-hydroxylation sites is 1. The molecule has 36 heavy (non-hydrogen) atoms. The van der Waals surface area contributed by atoms with Crippen LogP contribution in [0, 0.1) is 0 Å². The topological polar surface area (TPSA) is 88.6 Å². The van der Waals surface area contributed by atoms with Gasteiger partial charge in [-0.15, -0.1) is 0 Å². The maximum atomic E-state index is 13.8. The number of carbonyl (C=O) groups excluding carboxylic acids is 3. The third-order valence-corrected chi connectivity index (χ3v) is 6.44. The van der Waals surface area contributed by atoms with E-state index < -0.39 is 29.6 Å². The van der Waals surface area contributed by atoms with Crippen molar-refractivity contribution in [1.82, 2.24) is 15.2 Å². The average molecular weight is 480 g/mol. The SMILES string of the molecule is C[C@H](c1ccccc1)N1C(=O)O[C@](Cc2ccccc2)(C(=O)NCc2ccc3ccccc3n2)C1=O. The number of imide groups is 1. The molecule has 1 saturated heterocycles. The van der Waals surface area contributed by atoms with Crippen LogP contribution in [0.1, 0.15) is 29.8 Å². The Morgan fingerprint density at radius 2 is 1.58 bits per heavy atom. The molecular weight excluding hydrogens is 454 g/mol. The van der Waals surface area contributed by atoms with Crippen LogP contribution in [0.4, 0.5) is 4.79 Å². The molecule has 3 aromatic carbocycles. The number of carbonyl (C=O) groups is 3. The third-order valence-electron chi connectivity index (χ3n) is 6.44. The molecule has 2 atom stereocenters. The average Bonchev–Trinajstić information content (AvgIpc) is 3.17. The minimum absolute atomic E-state index is 0.0760. The number of benzene rings is 3. The van der Waals surface area contributed by atoms with Crippen molar-refractivity contribution in [1.29, 1.82) is 0 Å². The van der Waals surface area contributed by atoms with Crippen molar-refractivity contribution < 1.29 is 19.1 Å². The Kier molecular flexibility index (Phi) is 6.21. The second-order valence-electron chi connectivity index (χ2n) is 8.80. The van der Waals surface area contributed by atoms with Crippen LogP contribution >= 0.6 is 0 Å². The predicted molar refractivity (Wildman–Crippen MR) is 135 cm³/mol. The molecule has 1 N–H and O–H groups in total. The first-order chi connectivity index (χ1) is 17.5. The molecular formula is C29H25N3O4. The molecule has 5 rings (SSSR count). The van der Waals surface area contributed by atoms with Gasteiger partial charge < -0.3 is 10.1 Å². The van der Waals surface area contributed by atoms with Gasteiger partial charge in [-0.2, -0.15) is 0 Å². The summed E-state index contributed by atoms with van der Waals surface area (Å²) in [5, 5.41) is 3.78. The molecule has 7 nitrogen and oxygen atoms in total. The molecule has 0 saturated carbocycles. The van der Waals surface area contributed by atoms with E-state index in [0.717, 1.165) is 21.4 Å². The van der Waals surface area contributed by atoms with Gasteiger partial charge in [0.15, 0.2) is 0 Å². The van der Waals surface area contributed by atoms with Gasteiger partial charge in [0, 0.05) is 11.8 Å². The number of rotatable bonds is 7. The minimum atomic E-state index is -2.02. The standard InChI is InChI=1S/C29H25N3O4/c1-20(22-12-6-3-7-13-22)32-27(34)29(36-28(32)35,18-21-10-4-2-5-11-21)26(33)30-19-24-17-16-23-14-8-9-15-25(23)31-24/h2-17,20H,18-19H2,1H3,(H,30,33)/t20-,29-/m1/s1. The number of fused-ring (bicyclic) bond motifs is 1. The van der Waals surface area contributed by atoms with E-state index >= 15 is 0 Å². The Balaban J connectivity index is 1.44. The zero-order valence-electron chi connectivity index (χ0n) is 19.8. The maximum absolute atomic E-state index is 13.8. The maximum Gasteiger partial charge on any atom is 0.418 e. The molecule has 0 aliphatic carbocycles. The fourth-order valence-corrected chi connectivity index (χ4v) is 4.47. The van der Waals surface area contributed by atoms with Crippen molar-refractivity contribution in [3.8, 4) is 0 Å². The summed E-state index contributed by atoms with van der Waals surface area (Å²) >= 11 is 0. The first-order valence-electron chi connectivity index (χ1n) is 11.8. The second kappa shape index (κ2) is 9.62. The number of cyclic esters (lactones) is 1. The highest BCUT2D eigenvalue weighted by Gasteiger charge is 2.60. The van der Waals surface area contributed by atoms with Crippen LogP contribution in [-0.4, -0.2) is 33.4 Å². The second-order valence-corrected chi connectivity index (χ2v) is 8.80. The third kappa shape index (κ3) is 4.31. The highest BCUT2D eigenvalue weighted by atomic mass is 16.6. The number of ether oxygens (including phenoxy) is 1. The van der Waals surface area contributed by atoms with Gasteiger partial charge in [-0.05, 0) is 30.2 Å². The highest BCUT2D eigenvalue weighted by molar-refractivity contribution is 6.17. The van der Waals surface area contributed by atoms with Gasteiger partial charge >= 0.3 is 6.09 Å². The first kappa shape index (κ1) is 23.2. The fourth-order valence-electron chi connectivity index (χ4n) is 4.47. The summed E-state index contributed by atoms with van der Waals surface area (Å²) in [5.74, 6) is -1.36. The molecule has 0 unspecified atom stereocenters. The van der Waals surface area contributed by atoms with Gasteiger partial charge in [0.05, 0.1) is 23.8 Å². The Morgan fingerprint density at radius 3 is 2.33 bits per heavy atom. The van der Waals surface area contributed by atoms with E-state index in [1.807, 2.05) is 84.9 Å². The molecule has 7 heteroatoms. The lowest BCUT2D eigenvalue weighted by Gasteiger charge is -2.25. The summed E-state index contributed by atoms with van der Waals surface area (Å²) in [6.45, 7) is 1.82.